The number of benzene rings is 4. The first-order valence-corrected chi connectivity index (χ1v) is 21.6. The van der Waals surface area contributed by atoms with Crippen LogP contribution >= 0.6 is 0 Å². The van der Waals surface area contributed by atoms with E-state index in [-0.39, 0.29) is 42.6 Å². The average Bonchev–Trinajstić information content (AvgIpc) is 3.84. The summed E-state index contributed by atoms with van der Waals surface area (Å²) in [5.74, 6) is 1.14. The Morgan fingerprint density at radius 2 is 1.67 bits per heavy atom. The summed E-state index contributed by atoms with van der Waals surface area (Å²) >= 11 is 0. The Morgan fingerprint density at radius 1 is 0.944 bits per heavy atom. The number of para-hydroxylation sites is 3. The molecule has 278 valence electrons. The lowest BCUT2D eigenvalue weighted by atomic mass is 9.82. The van der Waals surface area contributed by atoms with E-state index in [9.17, 15) is 9.90 Å². The summed E-state index contributed by atoms with van der Waals surface area (Å²) in [5.41, 5.74) is 3.78. The number of aromatic nitrogens is 3. The fraction of sp³-hybridized carbons (Fsp3) is 0.333. The predicted octanol–water partition coefficient (Wildman–Crippen LogP) is 5.73. The number of hydrogen-bond donors (Lipinski definition) is 1. The van der Waals surface area contributed by atoms with Gasteiger partial charge in [0, 0.05) is 42.9 Å². The van der Waals surface area contributed by atoms with Gasteiger partial charge in [-0.1, -0.05) is 85.0 Å². The molecule has 12 heteroatoms. The van der Waals surface area contributed by atoms with Crippen LogP contribution in [-0.2, 0) is 39.4 Å². The molecule has 3 aliphatic rings. The van der Waals surface area contributed by atoms with Crippen LogP contribution in [0.4, 0.5) is 17.1 Å². The number of rotatable bonds is 11. The highest BCUT2D eigenvalue weighted by atomic mass is 28.3. The van der Waals surface area contributed by atoms with Crippen molar-refractivity contribution in [3.8, 4) is 11.5 Å². The van der Waals surface area contributed by atoms with Gasteiger partial charge in [-0.15, -0.1) is 5.10 Å². The number of aliphatic hydroxyl groups excluding tert-OH is 1. The Kier molecular flexibility index (Phi) is 9.37. The van der Waals surface area contributed by atoms with Crippen molar-refractivity contribution in [1.29, 1.82) is 0 Å². The molecule has 5 aromatic rings. The van der Waals surface area contributed by atoms with Crippen molar-refractivity contribution in [3.63, 3.8) is 0 Å². The van der Waals surface area contributed by atoms with Gasteiger partial charge < -0.3 is 24.2 Å². The smallest absolute Gasteiger partial charge is 0.269 e. The van der Waals surface area contributed by atoms with E-state index in [1.807, 2.05) is 101 Å². The largest absolute Gasteiger partial charge is 0.497 e. The van der Waals surface area contributed by atoms with Crippen LogP contribution in [0.1, 0.15) is 30.2 Å². The Balaban J connectivity index is 1.12. The number of fused-ring (bicyclic) bond motifs is 3. The molecule has 3 aliphatic heterocycles. The van der Waals surface area contributed by atoms with E-state index in [2.05, 4.69) is 42.5 Å². The number of aliphatic hydroxyl groups is 1. The van der Waals surface area contributed by atoms with Gasteiger partial charge in [0.1, 0.15) is 11.5 Å². The highest BCUT2D eigenvalue weighted by Crippen LogP contribution is 2.60. The van der Waals surface area contributed by atoms with Gasteiger partial charge in [0.05, 0.1) is 44.9 Å². The van der Waals surface area contributed by atoms with Crippen molar-refractivity contribution in [2.45, 2.75) is 63.2 Å². The maximum absolute atomic E-state index is 15.2. The Bertz CT molecular complexity index is 2170. The average molecular weight is 744 g/mol. The zero-order valence-electron chi connectivity index (χ0n) is 31.0. The second-order valence-electron chi connectivity index (χ2n) is 15.0. The first-order valence-electron chi connectivity index (χ1n) is 18.5. The number of anilines is 3. The first-order chi connectivity index (χ1) is 26.1. The topological polar surface area (TPSA) is 119 Å². The van der Waals surface area contributed by atoms with Crippen LogP contribution in [0.3, 0.4) is 0 Å². The lowest BCUT2D eigenvalue weighted by Gasteiger charge is -2.37. The van der Waals surface area contributed by atoms with E-state index >= 15 is 4.79 Å². The zero-order chi connectivity index (χ0) is 37.6. The third kappa shape index (κ3) is 5.98. The van der Waals surface area contributed by atoms with E-state index in [1.165, 1.54) is 5.19 Å². The molecule has 1 saturated heterocycles. The van der Waals surface area contributed by atoms with Gasteiger partial charge in [-0.25, -0.2) is 0 Å². The fourth-order valence-corrected chi connectivity index (χ4v) is 13.0. The van der Waals surface area contributed by atoms with Crippen LogP contribution in [0.2, 0.25) is 18.6 Å². The molecule has 8 rings (SSSR count). The molecule has 4 atom stereocenters. The molecule has 11 nitrogen and oxygen atoms in total. The summed E-state index contributed by atoms with van der Waals surface area (Å²) in [5, 5.41) is 19.2. The number of nitrogens with zero attached hydrogens (tertiary/aromatic N) is 5. The summed E-state index contributed by atoms with van der Waals surface area (Å²) in [7, 11) is -0.645. The SMILES string of the molecule is COc1ccc([Si](C)(C)[C@@H]2[C@@H](CCn3cc(CCO)nn3)O[C@]3(C(=O)N(Cc4ccc(N5C(=O)COc6ccccc65)cc4)c4ccccc43)[C@H]2C)cc1. The lowest BCUT2D eigenvalue weighted by molar-refractivity contribution is -0.146. The third-order valence-electron chi connectivity index (χ3n) is 11.6. The minimum atomic E-state index is -2.32. The Labute approximate surface area is 316 Å². The van der Waals surface area contributed by atoms with Crippen LogP contribution in [0.25, 0.3) is 0 Å². The summed E-state index contributed by atoms with van der Waals surface area (Å²) in [6.45, 7) is 7.85. The molecule has 0 bridgehead atoms. The molecule has 2 amide bonds. The van der Waals surface area contributed by atoms with Crippen molar-refractivity contribution in [2.75, 3.05) is 30.1 Å². The number of carbonyl (C=O) groups excluding carboxylic acids is 2. The normalized spacial score (nSPS) is 22.1. The molecular weight excluding hydrogens is 699 g/mol. The maximum Gasteiger partial charge on any atom is 0.269 e. The number of carbonyl (C=O) groups is 2. The first kappa shape index (κ1) is 35.7. The number of hydrogen-bond acceptors (Lipinski definition) is 8. The van der Waals surface area contributed by atoms with Crippen molar-refractivity contribution in [3.05, 3.63) is 120 Å². The molecule has 1 spiro atoms. The Morgan fingerprint density at radius 3 is 2.41 bits per heavy atom. The molecule has 0 saturated carbocycles. The monoisotopic (exact) mass is 743 g/mol. The van der Waals surface area contributed by atoms with Gasteiger partial charge in [0.15, 0.2) is 12.2 Å². The standard InChI is InChI=1S/C42H45N5O6Si/c1-28-40(54(3,4)33-19-17-32(51-2)18-20-33)38(21-23-45-26-30(22-24-48)43-44-45)53-42(28)34-9-5-6-10-35(34)46(41(42)50)25-29-13-15-31(16-14-29)47-36-11-7-8-12-37(36)52-27-39(47)49/h5-20,26,28,38,40,48H,21-25,27H2,1-4H3/t28-,38+,40-,42+/m0/s1. The maximum atomic E-state index is 15.2. The minimum Gasteiger partial charge on any atom is -0.497 e. The van der Waals surface area contributed by atoms with Crippen molar-refractivity contribution < 1.29 is 28.9 Å². The van der Waals surface area contributed by atoms with Gasteiger partial charge >= 0.3 is 0 Å². The van der Waals surface area contributed by atoms with Crippen LogP contribution in [0.15, 0.2) is 103 Å². The second kappa shape index (κ2) is 14.2. The van der Waals surface area contributed by atoms with Crippen molar-refractivity contribution in [1.82, 2.24) is 15.0 Å². The molecule has 0 unspecified atom stereocenters. The van der Waals surface area contributed by atoms with Crippen LogP contribution < -0.4 is 24.5 Å². The highest BCUT2D eigenvalue weighted by molar-refractivity contribution is 6.91. The lowest BCUT2D eigenvalue weighted by Crippen LogP contribution is -2.51. The van der Waals surface area contributed by atoms with Crippen LogP contribution in [0.5, 0.6) is 11.5 Å². The van der Waals surface area contributed by atoms with Gasteiger partial charge in [0.2, 0.25) is 0 Å². The predicted molar refractivity (Wildman–Crippen MR) is 208 cm³/mol. The van der Waals surface area contributed by atoms with Crippen LogP contribution in [-0.4, -0.2) is 66.4 Å². The summed E-state index contributed by atoms with van der Waals surface area (Å²) in [6, 6.07) is 31.7. The summed E-state index contributed by atoms with van der Waals surface area (Å²) in [4.78, 5) is 31.7. The summed E-state index contributed by atoms with van der Waals surface area (Å²) < 4.78 is 20.2. The van der Waals surface area contributed by atoms with Gasteiger partial charge in [0.25, 0.3) is 11.8 Å². The van der Waals surface area contributed by atoms with E-state index in [0.29, 0.717) is 37.4 Å². The highest BCUT2D eigenvalue weighted by Gasteiger charge is 2.66. The molecule has 1 N–H and O–H groups in total. The minimum absolute atomic E-state index is 0.0123. The molecule has 4 heterocycles. The number of amides is 2. The summed E-state index contributed by atoms with van der Waals surface area (Å²) in [6.07, 6.45) is 2.73. The third-order valence-corrected chi connectivity index (χ3v) is 15.9. The molecule has 54 heavy (non-hydrogen) atoms. The van der Waals surface area contributed by atoms with Crippen molar-refractivity contribution in [2.24, 2.45) is 5.92 Å². The van der Waals surface area contributed by atoms with Crippen LogP contribution in [0, 0.1) is 5.92 Å². The Hall–Kier alpha value is -5.30. The van der Waals surface area contributed by atoms with E-state index < -0.39 is 13.7 Å². The molecule has 1 fully saturated rings. The van der Waals surface area contributed by atoms with E-state index in [1.54, 1.807) is 12.0 Å². The molecule has 4 aromatic carbocycles. The molecule has 1 aromatic heterocycles. The molecule has 0 radical (unpaired) electrons. The van der Waals surface area contributed by atoms with Crippen molar-refractivity contribution >= 4 is 42.1 Å². The number of methoxy groups -OCH3 is 1. The number of aryl methyl sites for hydroxylation is 1. The zero-order valence-corrected chi connectivity index (χ0v) is 32.0. The molecular formula is C42H45N5O6Si. The van der Waals surface area contributed by atoms with Gasteiger partial charge in [-0.3, -0.25) is 19.2 Å². The quantitative estimate of drug-likeness (QED) is 0.171. The second-order valence-corrected chi connectivity index (χ2v) is 19.6. The number of ether oxygens (including phenoxy) is 3. The van der Waals surface area contributed by atoms with Gasteiger partial charge in [-0.2, -0.15) is 0 Å². The molecule has 0 aliphatic carbocycles. The van der Waals surface area contributed by atoms with E-state index in [0.717, 1.165) is 33.9 Å². The fourth-order valence-electron chi connectivity index (χ4n) is 8.95. The van der Waals surface area contributed by atoms with E-state index in [4.69, 9.17) is 14.2 Å². The van der Waals surface area contributed by atoms with Gasteiger partial charge in [-0.05, 0) is 60.0 Å².